The van der Waals surface area contributed by atoms with E-state index >= 15 is 0 Å². The standard InChI is InChI=1S/C39H54N10O14S.C19H35N/c1-4-16(2)31-36(60)42-11-29(55)43-25-15-64(63)38-21(20-6-5-18(51)7-22(20)46-38)9-23(33(57)41-12-30(56)47-31)44-37(61)32(17(3)27(53)14-50)48-35(59)26-8-19(52)13-49(26)39(62)24(10-28(40)54)45-34(25)58;1-3-9-16(10-4-1)19(17-11-5-2-6-12-17)15-18-13-7-8-14-20-18/h5-7,16-17,19,23-27,31-32,46,50-53H,4,8-15H2,1-3H3,(H2,40,54)(H,41,57)(H,42,60)(H,43,55)(H,44,61)(H,45,58)(H,47,56)(H,48,59);16-20H,1-15H2/t16?,17?,19?,23-,24-,25-,26-,27-,31-,32-,64+;/m0./s1. The summed E-state index contributed by atoms with van der Waals surface area (Å²) in [5.74, 6) is -8.83. The molecule has 1 aromatic carbocycles. The molecule has 26 heteroatoms. The third-order valence-corrected chi connectivity index (χ3v) is 19.5. The highest BCUT2D eigenvalue weighted by atomic mass is 32.2. The third kappa shape index (κ3) is 17.2. The highest BCUT2D eigenvalue weighted by Crippen LogP contribution is 2.43. The van der Waals surface area contributed by atoms with E-state index < -0.39 is 176 Å². The number of aromatic amines is 1. The molecule has 15 N–H and O–H groups in total. The lowest BCUT2D eigenvalue weighted by Gasteiger charge is -2.40. The number of carbonyl (C=O) groups is 9. The van der Waals surface area contributed by atoms with Gasteiger partial charge in [0.2, 0.25) is 53.2 Å². The summed E-state index contributed by atoms with van der Waals surface area (Å²) in [5, 5.41) is 62.6. The van der Waals surface area contributed by atoms with E-state index in [0.717, 1.165) is 28.7 Å². The first-order chi connectivity index (χ1) is 40.1. The summed E-state index contributed by atoms with van der Waals surface area (Å²) in [6.07, 6.45) is 16.7. The van der Waals surface area contributed by atoms with Crippen LogP contribution in [0.2, 0.25) is 0 Å². The van der Waals surface area contributed by atoms with E-state index in [2.05, 4.69) is 47.5 Å². The molecule has 9 amide bonds. The molecule has 2 aliphatic carbocycles. The van der Waals surface area contributed by atoms with Gasteiger partial charge in [0, 0.05) is 42.8 Å². The van der Waals surface area contributed by atoms with Crippen LogP contribution in [0.1, 0.15) is 135 Å². The molecule has 0 spiro atoms. The number of benzene rings is 1. The monoisotopic (exact) mass is 1200 g/mol. The van der Waals surface area contributed by atoms with E-state index in [9.17, 15) is 67.8 Å². The van der Waals surface area contributed by atoms with Crippen LogP contribution in [-0.2, 0) is 60.4 Å². The van der Waals surface area contributed by atoms with E-state index in [1.807, 2.05) is 0 Å². The largest absolute Gasteiger partial charge is 0.508 e. The van der Waals surface area contributed by atoms with Gasteiger partial charge in [-0.1, -0.05) is 97.8 Å². The molecular formula is C58H89N11O14S. The van der Waals surface area contributed by atoms with Gasteiger partial charge in [-0.05, 0) is 67.2 Å². The predicted octanol–water partition coefficient (Wildman–Crippen LogP) is -0.625. The second-order valence-corrected chi connectivity index (χ2v) is 25.4. The summed E-state index contributed by atoms with van der Waals surface area (Å²) in [5.41, 5.74) is 5.73. The van der Waals surface area contributed by atoms with Crippen molar-refractivity contribution in [3.8, 4) is 5.75 Å². The van der Waals surface area contributed by atoms with E-state index in [1.54, 1.807) is 39.5 Å². The number of fused-ring (bicyclic) bond motifs is 5. The SMILES string of the molecule is C1CCC(C(CC2CCCCN2)C2CCCCC2)CC1.CCC(C)[C@@H]1NC(=O)CNC(=O)[C@@H]2Cc3c([nH]c4cc(O)ccc34)[S@](=O)C[C@H](NC(=O)CNC1=O)C(=O)N[C@@H](CC(N)=O)C(=O)N1CC(O)C[C@H]1C(=O)N[C@@H](C(C)[C@@H](O)CO)C(=O)N2. The maximum Gasteiger partial charge on any atom is 0.246 e. The molecule has 6 aliphatic rings. The summed E-state index contributed by atoms with van der Waals surface area (Å²) in [6, 6.07) is -5.13. The first-order valence-corrected chi connectivity index (χ1v) is 31.5. The number of aromatic nitrogens is 1. The van der Waals surface area contributed by atoms with Crippen LogP contribution in [0.3, 0.4) is 0 Å². The summed E-state index contributed by atoms with van der Waals surface area (Å²) in [7, 11) is -2.38. The lowest BCUT2D eigenvalue weighted by atomic mass is 9.67. The van der Waals surface area contributed by atoms with Crippen molar-refractivity contribution in [2.75, 3.05) is 38.5 Å². The summed E-state index contributed by atoms with van der Waals surface area (Å²) in [4.78, 5) is 127. The first kappa shape index (κ1) is 65.3. The number of nitrogens with zero attached hydrogens (tertiary/aromatic N) is 1. The van der Waals surface area contributed by atoms with Crippen LogP contribution in [0.15, 0.2) is 23.2 Å². The molecule has 0 radical (unpaired) electrons. The van der Waals surface area contributed by atoms with Gasteiger partial charge in [0.1, 0.15) is 47.0 Å². The third-order valence-electron chi connectivity index (χ3n) is 18.0. The highest BCUT2D eigenvalue weighted by Gasteiger charge is 2.45. The van der Waals surface area contributed by atoms with Crippen LogP contribution < -0.4 is 48.3 Å². The van der Waals surface area contributed by atoms with Gasteiger partial charge in [0.15, 0.2) is 0 Å². The van der Waals surface area contributed by atoms with Crippen LogP contribution in [0.25, 0.3) is 10.9 Å². The van der Waals surface area contributed by atoms with Gasteiger partial charge in [-0.15, -0.1) is 0 Å². The Morgan fingerprint density at radius 2 is 1.40 bits per heavy atom. The Labute approximate surface area is 492 Å². The molecular weight excluding hydrogens is 1110 g/mol. The number of aliphatic hydroxyl groups excluding tert-OH is 3. The van der Waals surface area contributed by atoms with Gasteiger partial charge >= 0.3 is 0 Å². The smallest absolute Gasteiger partial charge is 0.246 e. The number of nitrogens with two attached hydrogens (primary N) is 1. The molecule has 1 aromatic heterocycles. The molecule has 2 aromatic rings. The minimum Gasteiger partial charge on any atom is -0.508 e. The Kier molecular flexibility index (Phi) is 23.9. The minimum atomic E-state index is -2.38. The number of phenolic OH excluding ortho intramolecular Hbond substituents is 1. The zero-order valence-corrected chi connectivity index (χ0v) is 49.4. The van der Waals surface area contributed by atoms with E-state index in [-0.39, 0.29) is 27.2 Å². The molecule has 25 nitrogen and oxygen atoms in total. The minimum absolute atomic E-state index is 0.0800. The van der Waals surface area contributed by atoms with E-state index in [1.165, 1.54) is 95.9 Å². The summed E-state index contributed by atoms with van der Waals surface area (Å²) in [6.45, 7) is 3.04. The second kappa shape index (κ2) is 30.7. The van der Waals surface area contributed by atoms with Crippen LogP contribution in [0, 0.1) is 29.6 Å². The van der Waals surface area contributed by atoms with Gasteiger partial charge < -0.3 is 78.6 Å². The molecule has 4 fully saturated rings. The highest BCUT2D eigenvalue weighted by molar-refractivity contribution is 7.85. The molecule has 5 heterocycles. The Hall–Kier alpha value is -6.22. The van der Waals surface area contributed by atoms with Crippen molar-refractivity contribution >= 4 is 74.9 Å². The van der Waals surface area contributed by atoms with Gasteiger partial charge in [0.05, 0.1) is 60.4 Å². The number of nitrogens with one attached hydrogen (secondary N) is 9. The molecule has 84 heavy (non-hydrogen) atoms. The molecule has 4 unspecified atom stereocenters. The van der Waals surface area contributed by atoms with Crippen molar-refractivity contribution in [3.05, 3.63) is 23.8 Å². The molecule has 2 bridgehead atoms. The average Bonchev–Trinajstić information content (AvgIpc) is 4.27. The molecule has 466 valence electrons. The van der Waals surface area contributed by atoms with Crippen molar-refractivity contribution in [2.45, 2.75) is 196 Å². The number of hydrogen-bond donors (Lipinski definition) is 14. The Bertz CT molecular complexity index is 2670. The van der Waals surface area contributed by atoms with Crippen LogP contribution >= 0.6 is 0 Å². The number of primary amides is 1. The van der Waals surface area contributed by atoms with Crippen molar-refractivity contribution < 1.29 is 67.8 Å². The van der Waals surface area contributed by atoms with Gasteiger partial charge in [-0.3, -0.25) is 47.4 Å². The maximum absolute atomic E-state index is 14.6. The van der Waals surface area contributed by atoms with Crippen LogP contribution in [0.5, 0.6) is 5.75 Å². The van der Waals surface area contributed by atoms with Crippen LogP contribution in [-0.4, -0.2) is 181 Å². The van der Waals surface area contributed by atoms with Crippen molar-refractivity contribution in [1.29, 1.82) is 0 Å². The number of aliphatic hydroxyl groups is 3. The second-order valence-electron chi connectivity index (χ2n) is 24.0. The number of piperidine rings is 1. The van der Waals surface area contributed by atoms with Gasteiger partial charge in [-0.2, -0.15) is 0 Å². The fourth-order valence-corrected chi connectivity index (χ4v) is 14.4. The Morgan fingerprint density at radius 1 is 0.762 bits per heavy atom. The fraction of sp³-hybridized carbons (Fsp3) is 0.707. The number of amides is 9. The topological polar surface area (TPSA) is 393 Å². The molecule has 8 rings (SSSR count). The normalized spacial score (nSPS) is 29.0. The van der Waals surface area contributed by atoms with Gasteiger partial charge in [-0.25, -0.2) is 0 Å². The predicted molar refractivity (Wildman–Crippen MR) is 309 cm³/mol. The van der Waals surface area contributed by atoms with Crippen LogP contribution in [0.4, 0.5) is 0 Å². The van der Waals surface area contributed by atoms with Crippen molar-refractivity contribution in [2.24, 2.45) is 35.3 Å². The van der Waals surface area contributed by atoms with E-state index in [4.69, 9.17) is 5.73 Å². The number of carbonyl (C=O) groups excluding carboxylic acids is 9. The molecule has 12 atom stereocenters. The Balaban J connectivity index is 0.000000421. The number of phenols is 1. The summed E-state index contributed by atoms with van der Waals surface area (Å²) < 4.78 is 14.6. The number of rotatable bonds is 11. The first-order valence-electron chi connectivity index (χ1n) is 30.2. The van der Waals surface area contributed by atoms with E-state index in [0.29, 0.717) is 6.42 Å². The number of hydrogen-bond acceptors (Lipinski definition) is 15. The van der Waals surface area contributed by atoms with Crippen molar-refractivity contribution in [3.63, 3.8) is 0 Å². The molecule has 2 saturated carbocycles. The Morgan fingerprint density at radius 3 is 2.02 bits per heavy atom. The fourth-order valence-electron chi connectivity index (χ4n) is 13.0. The lowest BCUT2D eigenvalue weighted by Crippen LogP contribution is -2.62. The van der Waals surface area contributed by atoms with Crippen molar-refractivity contribution in [1.82, 2.24) is 52.4 Å². The summed E-state index contributed by atoms with van der Waals surface area (Å²) >= 11 is 0. The molecule has 2 saturated heterocycles. The zero-order chi connectivity index (χ0) is 60.8. The quantitative estimate of drug-likeness (QED) is 0.133. The number of H-pyrrole nitrogens is 1. The molecule has 4 aliphatic heterocycles. The maximum atomic E-state index is 14.6. The number of aromatic hydroxyl groups is 1. The zero-order valence-electron chi connectivity index (χ0n) is 48.6. The average molecular weight is 1200 g/mol. The lowest BCUT2D eigenvalue weighted by molar-refractivity contribution is -0.144. The van der Waals surface area contributed by atoms with Gasteiger partial charge in [0.25, 0.3) is 0 Å².